The number of pyridine rings is 1. The smallest absolute Gasteiger partial charge is 0.257 e. The van der Waals surface area contributed by atoms with Gasteiger partial charge in [-0.1, -0.05) is 0 Å². The van der Waals surface area contributed by atoms with Crippen LogP contribution >= 0.6 is 22.6 Å². The molecule has 19 heavy (non-hydrogen) atoms. The SMILES string of the molecule is CCNc1cnccc1C(=O)Nc1ccc(I)cc1. The van der Waals surface area contributed by atoms with E-state index in [9.17, 15) is 4.79 Å². The van der Waals surface area contributed by atoms with Crippen LogP contribution < -0.4 is 10.6 Å². The second-order valence-electron chi connectivity index (χ2n) is 3.91. The summed E-state index contributed by atoms with van der Waals surface area (Å²) in [6.45, 7) is 2.73. The number of halogens is 1. The third kappa shape index (κ3) is 3.66. The molecule has 0 saturated heterocycles. The number of amides is 1. The predicted octanol–water partition coefficient (Wildman–Crippen LogP) is 3.37. The standard InChI is InChI=1S/C14H14IN3O/c1-2-17-13-9-16-8-7-12(13)14(19)18-11-5-3-10(15)4-6-11/h3-9,17H,2H2,1H3,(H,18,19). The van der Waals surface area contributed by atoms with E-state index in [0.717, 1.165) is 21.5 Å². The zero-order valence-electron chi connectivity index (χ0n) is 10.5. The first-order valence-electron chi connectivity index (χ1n) is 5.95. The van der Waals surface area contributed by atoms with Gasteiger partial charge in [0.2, 0.25) is 0 Å². The van der Waals surface area contributed by atoms with Gasteiger partial charge in [-0.05, 0) is 59.8 Å². The highest BCUT2D eigenvalue weighted by Crippen LogP contribution is 2.17. The Kier molecular flexibility index (Phi) is 4.73. The molecule has 0 saturated carbocycles. The third-order valence-electron chi connectivity index (χ3n) is 2.54. The van der Waals surface area contributed by atoms with E-state index < -0.39 is 0 Å². The molecular formula is C14H14IN3O. The van der Waals surface area contributed by atoms with Crippen LogP contribution in [0.1, 0.15) is 17.3 Å². The van der Waals surface area contributed by atoms with Gasteiger partial charge in [-0.3, -0.25) is 9.78 Å². The minimum atomic E-state index is -0.139. The number of carbonyl (C=O) groups excluding carboxylic acids is 1. The van der Waals surface area contributed by atoms with Gasteiger partial charge in [0.05, 0.1) is 17.4 Å². The molecule has 1 aromatic carbocycles. The predicted molar refractivity (Wildman–Crippen MR) is 85.5 cm³/mol. The van der Waals surface area contributed by atoms with Crippen molar-refractivity contribution in [2.45, 2.75) is 6.92 Å². The normalized spacial score (nSPS) is 10.0. The highest BCUT2D eigenvalue weighted by atomic mass is 127. The van der Waals surface area contributed by atoms with Gasteiger partial charge in [0, 0.05) is 22.0 Å². The lowest BCUT2D eigenvalue weighted by Gasteiger charge is -2.10. The van der Waals surface area contributed by atoms with Crippen molar-refractivity contribution in [1.29, 1.82) is 0 Å². The fourth-order valence-electron chi connectivity index (χ4n) is 1.66. The lowest BCUT2D eigenvalue weighted by Crippen LogP contribution is -2.15. The van der Waals surface area contributed by atoms with Gasteiger partial charge in [0.25, 0.3) is 5.91 Å². The molecule has 2 aromatic rings. The minimum Gasteiger partial charge on any atom is -0.383 e. The van der Waals surface area contributed by atoms with Gasteiger partial charge in [-0.2, -0.15) is 0 Å². The monoisotopic (exact) mass is 367 g/mol. The molecule has 1 amide bonds. The van der Waals surface area contributed by atoms with Crippen molar-refractivity contribution in [3.05, 3.63) is 51.9 Å². The molecule has 0 aliphatic carbocycles. The highest BCUT2D eigenvalue weighted by Gasteiger charge is 2.10. The Hall–Kier alpha value is -1.63. The summed E-state index contributed by atoms with van der Waals surface area (Å²) in [7, 11) is 0. The van der Waals surface area contributed by atoms with Crippen LogP contribution in [0.4, 0.5) is 11.4 Å². The van der Waals surface area contributed by atoms with Gasteiger partial charge < -0.3 is 10.6 Å². The average Bonchev–Trinajstić information content (AvgIpc) is 2.42. The Morgan fingerprint density at radius 3 is 2.68 bits per heavy atom. The summed E-state index contributed by atoms with van der Waals surface area (Å²) in [4.78, 5) is 16.2. The van der Waals surface area contributed by atoms with Crippen molar-refractivity contribution < 1.29 is 4.79 Å². The maximum Gasteiger partial charge on any atom is 0.257 e. The molecule has 0 unspecified atom stereocenters. The molecule has 0 spiro atoms. The van der Waals surface area contributed by atoms with Gasteiger partial charge in [0.1, 0.15) is 0 Å². The Morgan fingerprint density at radius 1 is 1.26 bits per heavy atom. The molecule has 0 bridgehead atoms. The Balaban J connectivity index is 2.18. The summed E-state index contributed by atoms with van der Waals surface area (Å²) in [5.74, 6) is -0.139. The molecule has 0 radical (unpaired) electrons. The number of nitrogens with one attached hydrogen (secondary N) is 2. The van der Waals surface area contributed by atoms with Gasteiger partial charge in [-0.25, -0.2) is 0 Å². The molecule has 0 atom stereocenters. The van der Waals surface area contributed by atoms with E-state index in [0.29, 0.717) is 5.56 Å². The summed E-state index contributed by atoms with van der Waals surface area (Å²) in [6, 6.07) is 9.38. The Bertz CT molecular complexity index is 569. The lowest BCUT2D eigenvalue weighted by molar-refractivity contribution is 0.102. The zero-order valence-corrected chi connectivity index (χ0v) is 12.6. The summed E-state index contributed by atoms with van der Waals surface area (Å²) in [5.41, 5.74) is 2.12. The summed E-state index contributed by atoms with van der Waals surface area (Å²) in [5, 5.41) is 6.00. The quantitative estimate of drug-likeness (QED) is 0.815. The Labute approximate surface area is 125 Å². The van der Waals surface area contributed by atoms with E-state index in [4.69, 9.17) is 0 Å². The van der Waals surface area contributed by atoms with Crippen LogP contribution in [-0.4, -0.2) is 17.4 Å². The highest BCUT2D eigenvalue weighted by molar-refractivity contribution is 14.1. The molecular weight excluding hydrogens is 353 g/mol. The van der Waals surface area contributed by atoms with Crippen molar-refractivity contribution >= 4 is 39.9 Å². The molecule has 0 fully saturated rings. The fourth-order valence-corrected chi connectivity index (χ4v) is 2.02. The van der Waals surface area contributed by atoms with Crippen LogP contribution in [0, 0.1) is 3.57 Å². The molecule has 2 rings (SSSR count). The van der Waals surface area contributed by atoms with Crippen LogP contribution in [0.25, 0.3) is 0 Å². The number of rotatable bonds is 4. The number of carbonyl (C=O) groups is 1. The minimum absolute atomic E-state index is 0.139. The van der Waals surface area contributed by atoms with Crippen molar-refractivity contribution in [2.75, 3.05) is 17.2 Å². The van der Waals surface area contributed by atoms with Gasteiger partial charge in [-0.15, -0.1) is 0 Å². The summed E-state index contributed by atoms with van der Waals surface area (Å²) < 4.78 is 1.13. The van der Waals surface area contributed by atoms with E-state index in [1.54, 1.807) is 18.5 Å². The molecule has 4 nitrogen and oxygen atoms in total. The number of anilines is 2. The second-order valence-corrected chi connectivity index (χ2v) is 5.16. The summed E-state index contributed by atoms with van der Waals surface area (Å²) >= 11 is 2.23. The lowest BCUT2D eigenvalue weighted by atomic mass is 10.2. The van der Waals surface area contributed by atoms with Gasteiger partial charge in [0.15, 0.2) is 0 Å². The van der Waals surface area contributed by atoms with E-state index in [2.05, 4.69) is 38.2 Å². The molecule has 1 heterocycles. The number of aromatic nitrogens is 1. The molecule has 0 aliphatic rings. The van der Waals surface area contributed by atoms with Crippen LogP contribution in [0.2, 0.25) is 0 Å². The number of benzene rings is 1. The first-order chi connectivity index (χ1) is 9.20. The third-order valence-corrected chi connectivity index (χ3v) is 3.25. The van der Waals surface area contributed by atoms with E-state index >= 15 is 0 Å². The van der Waals surface area contributed by atoms with E-state index in [1.807, 2.05) is 31.2 Å². The number of hydrogen-bond donors (Lipinski definition) is 2. The Morgan fingerprint density at radius 2 is 2.00 bits per heavy atom. The largest absolute Gasteiger partial charge is 0.383 e. The van der Waals surface area contributed by atoms with Crippen molar-refractivity contribution in [1.82, 2.24) is 4.98 Å². The van der Waals surface area contributed by atoms with E-state index in [-0.39, 0.29) is 5.91 Å². The molecule has 5 heteroatoms. The first kappa shape index (κ1) is 13.8. The topological polar surface area (TPSA) is 54.0 Å². The van der Waals surface area contributed by atoms with Crippen LogP contribution in [0.15, 0.2) is 42.7 Å². The number of hydrogen-bond acceptors (Lipinski definition) is 3. The molecule has 0 aliphatic heterocycles. The van der Waals surface area contributed by atoms with Crippen molar-refractivity contribution in [3.63, 3.8) is 0 Å². The number of nitrogens with zero attached hydrogens (tertiary/aromatic N) is 1. The average molecular weight is 367 g/mol. The molecule has 2 N–H and O–H groups in total. The van der Waals surface area contributed by atoms with Crippen molar-refractivity contribution in [2.24, 2.45) is 0 Å². The second kappa shape index (κ2) is 6.51. The maximum absolute atomic E-state index is 12.2. The maximum atomic E-state index is 12.2. The van der Waals surface area contributed by atoms with Crippen LogP contribution in [0.5, 0.6) is 0 Å². The summed E-state index contributed by atoms with van der Waals surface area (Å²) in [6.07, 6.45) is 3.27. The zero-order chi connectivity index (χ0) is 13.7. The van der Waals surface area contributed by atoms with E-state index in [1.165, 1.54) is 0 Å². The molecule has 98 valence electrons. The first-order valence-corrected chi connectivity index (χ1v) is 7.03. The molecule has 1 aromatic heterocycles. The van der Waals surface area contributed by atoms with Crippen LogP contribution in [-0.2, 0) is 0 Å². The van der Waals surface area contributed by atoms with Crippen molar-refractivity contribution in [3.8, 4) is 0 Å². The van der Waals surface area contributed by atoms with Gasteiger partial charge >= 0.3 is 0 Å². The van der Waals surface area contributed by atoms with Crippen LogP contribution in [0.3, 0.4) is 0 Å². The fraction of sp³-hybridized carbons (Fsp3) is 0.143.